The second kappa shape index (κ2) is 9.72. The number of benzene rings is 1. The lowest BCUT2D eigenvalue weighted by Gasteiger charge is -2.48. The van der Waals surface area contributed by atoms with Crippen LogP contribution in [0, 0.1) is 5.92 Å². The first kappa shape index (κ1) is 26.3. The van der Waals surface area contributed by atoms with Crippen molar-refractivity contribution in [1.29, 1.82) is 0 Å². The first-order valence-electron chi connectivity index (χ1n) is 13.3. The quantitative estimate of drug-likeness (QED) is 0.165. The summed E-state index contributed by atoms with van der Waals surface area (Å²) < 4.78 is 6.73. The molecule has 2 atom stereocenters. The van der Waals surface area contributed by atoms with Crippen LogP contribution in [0.5, 0.6) is 5.75 Å². The molecule has 33 heavy (non-hydrogen) atoms. The molecule has 0 aromatic heterocycles. The van der Waals surface area contributed by atoms with Gasteiger partial charge in [-0.25, -0.2) is 0 Å². The van der Waals surface area contributed by atoms with Crippen LogP contribution in [-0.4, -0.2) is 19.5 Å². The molecule has 1 aliphatic heterocycles. The molecule has 1 aliphatic carbocycles. The van der Waals surface area contributed by atoms with Gasteiger partial charge in [0.15, 0.2) is 5.78 Å². The zero-order valence-electron chi connectivity index (χ0n) is 22.9. The smallest absolute Gasteiger partial charge is 0.163 e. The molecule has 0 amide bonds. The minimum Gasteiger partial charge on any atom is -0.487 e. The van der Waals surface area contributed by atoms with Crippen molar-refractivity contribution in [2.24, 2.45) is 5.92 Å². The van der Waals surface area contributed by atoms with E-state index in [2.05, 4.69) is 79.8 Å². The highest BCUT2D eigenvalue weighted by atomic mass is 28.3. The van der Waals surface area contributed by atoms with Gasteiger partial charge in [-0.15, -0.1) is 0 Å². The van der Waals surface area contributed by atoms with E-state index in [-0.39, 0.29) is 11.4 Å². The monoisotopic (exact) mass is 468 g/mol. The second-order valence-corrected chi connectivity index (χ2v) is 18.6. The molecule has 0 bridgehead atoms. The first-order valence-corrected chi connectivity index (χ1v) is 16.5. The highest BCUT2D eigenvalue weighted by Crippen LogP contribution is 2.53. The number of carbonyl (C=O) groups is 1. The Morgan fingerprint density at radius 2 is 1.85 bits per heavy atom. The van der Waals surface area contributed by atoms with Gasteiger partial charge in [-0.3, -0.25) is 4.79 Å². The predicted octanol–water partition coefficient (Wildman–Crippen LogP) is 9.04. The molecule has 0 N–H and O–H groups in total. The molecule has 0 unspecified atom stereocenters. The number of fused-ring (bicyclic) bond motifs is 3. The minimum atomic E-state index is -1.59. The van der Waals surface area contributed by atoms with Crippen molar-refractivity contribution in [3.8, 4) is 5.75 Å². The summed E-state index contributed by atoms with van der Waals surface area (Å²) in [6.07, 6.45) is 9.80. The number of carbonyl (C=O) groups excluding carboxylic acids is 1. The first-order chi connectivity index (χ1) is 15.3. The lowest BCUT2D eigenvalue weighted by Crippen LogP contribution is -2.46. The molecule has 3 rings (SSSR count). The largest absolute Gasteiger partial charge is 0.487 e. The minimum absolute atomic E-state index is 0.216. The van der Waals surface area contributed by atoms with Crippen LogP contribution < -0.4 is 4.74 Å². The van der Waals surface area contributed by atoms with E-state index in [0.717, 1.165) is 43.0 Å². The average molecular weight is 469 g/mol. The summed E-state index contributed by atoms with van der Waals surface area (Å²) in [5.74, 6) is 2.25. The van der Waals surface area contributed by atoms with Gasteiger partial charge in [0.1, 0.15) is 11.4 Å². The Balaban J connectivity index is 2.07. The Hall–Kier alpha value is -1.35. The van der Waals surface area contributed by atoms with E-state index in [4.69, 9.17) is 4.74 Å². The molecule has 1 heterocycles. The summed E-state index contributed by atoms with van der Waals surface area (Å²) in [5, 5.41) is 0.302. The maximum atomic E-state index is 13.3. The zero-order chi connectivity index (χ0) is 24.6. The number of unbranched alkanes of at least 4 members (excludes halogenated alkanes) is 3. The van der Waals surface area contributed by atoms with Crippen LogP contribution in [0.1, 0.15) is 121 Å². The van der Waals surface area contributed by atoms with Gasteiger partial charge in [0.25, 0.3) is 0 Å². The summed E-state index contributed by atoms with van der Waals surface area (Å²) in [7, 11) is -1.59. The number of rotatable bonds is 8. The molecule has 184 valence electrons. The SMILES string of the molecule is CCCCCCC(=O)c1cc(C[Si](C)(C)C(C)(C)C)c2c(c1)OC(C)(C)[C@@H]1CC=C(C)C[C@@H]21. The summed E-state index contributed by atoms with van der Waals surface area (Å²) >= 11 is 0. The van der Waals surface area contributed by atoms with Crippen molar-refractivity contribution in [3.63, 3.8) is 0 Å². The van der Waals surface area contributed by atoms with E-state index in [1.54, 1.807) is 0 Å². The molecule has 0 saturated carbocycles. The number of ketones is 1. The molecule has 3 heteroatoms. The van der Waals surface area contributed by atoms with Gasteiger partial charge < -0.3 is 4.74 Å². The lowest BCUT2D eigenvalue weighted by molar-refractivity contribution is 0.00814. The summed E-state index contributed by atoms with van der Waals surface area (Å²) in [5.41, 5.74) is 4.96. The normalized spacial score (nSPS) is 22.2. The van der Waals surface area contributed by atoms with Gasteiger partial charge in [0.05, 0.1) is 8.07 Å². The molecule has 0 spiro atoms. The van der Waals surface area contributed by atoms with Crippen LogP contribution in [0.25, 0.3) is 0 Å². The third-order valence-corrected chi connectivity index (χ3v) is 14.2. The fourth-order valence-electron chi connectivity index (χ4n) is 5.59. The summed E-state index contributed by atoms with van der Waals surface area (Å²) in [6, 6.07) is 5.47. The molecule has 2 aliphatic rings. The van der Waals surface area contributed by atoms with Crippen LogP contribution in [0.15, 0.2) is 23.8 Å². The zero-order valence-corrected chi connectivity index (χ0v) is 23.9. The highest BCUT2D eigenvalue weighted by molar-refractivity contribution is 6.79. The Morgan fingerprint density at radius 1 is 1.15 bits per heavy atom. The average Bonchev–Trinajstić information content (AvgIpc) is 2.68. The van der Waals surface area contributed by atoms with Gasteiger partial charge in [-0.05, 0) is 74.7 Å². The van der Waals surface area contributed by atoms with Crippen LogP contribution in [0.3, 0.4) is 0 Å². The van der Waals surface area contributed by atoms with Gasteiger partial charge in [0.2, 0.25) is 0 Å². The predicted molar refractivity (Wildman–Crippen MR) is 144 cm³/mol. The molecular formula is C30H48O2Si. The van der Waals surface area contributed by atoms with E-state index >= 15 is 0 Å². The second-order valence-electron chi connectivity index (χ2n) is 13.0. The van der Waals surface area contributed by atoms with E-state index in [1.807, 2.05) is 0 Å². The Bertz CT molecular complexity index is 901. The van der Waals surface area contributed by atoms with Crippen molar-refractivity contribution in [1.82, 2.24) is 0 Å². The Kier molecular flexibility index (Phi) is 7.73. The topological polar surface area (TPSA) is 26.3 Å². The van der Waals surface area contributed by atoms with E-state index in [9.17, 15) is 4.79 Å². The number of hydrogen-bond donors (Lipinski definition) is 0. The van der Waals surface area contributed by atoms with Crippen molar-refractivity contribution in [3.05, 3.63) is 40.5 Å². The van der Waals surface area contributed by atoms with Crippen LogP contribution in [0.4, 0.5) is 0 Å². The van der Waals surface area contributed by atoms with Crippen molar-refractivity contribution in [2.45, 2.75) is 129 Å². The number of ether oxygens (including phenoxy) is 1. The molecule has 1 aromatic rings. The van der Waals surface area contributed by atoms with E-state index < -0.39 is 8.07 Å². The van der Waals surface area contributed by atoms with Gasteiger partial charge in [-0.1, -0.05) is 71.7 Å². The Morgan fingerprint density at radius 3 is 2.48 bits per heavy atom. The van der Waals surface area contributed by atoms with Crippen LogP contribution in [0.2, 0.25) is 18.1 Å². The summed E-state index contributed by atoms with van der Waals surface area (Å²) in [6.45, 7) is 21.2. The molecule has 1 aromatic carbocycles. The number of allylic oxidation sites excluding steroid dienone is 2. The van der Waals surface area contributed by atoms with Gasteiger partial charge >= 0.3 is 0 Å². The number of hydrogen-bond acceptors (Lipinski definition) is 2. The standard InChI is InChI=1S/C30H48O2Si/c1-10-11-12-13-14-26(31)22-18-23(20-33(8,9)29(3,4)5)28-24-17-21(2)15-16-25(24)30(6,7)32-27(28)19-22/h15,18-19,24-25H,10-14,16-17,20H2,1-9H3/t24-,25-/m1/s1. The molecule has 0 fully saturated rings. The van der Waals surface area contributed by atoms with E-state index in [0.29, 0.717) is 23.3 Å². The molecular weight excluding hydrogens is 420 g/mol. The lowest BCUT2D eigenvalue weighted by atomic mass is 9.66. The fraction of sp³-hybridized carbons (Fsp3) is 0.700. The van der Waals surface area contributed by atoms with E-state index in [1.165, 1.54) is 29.5 Å². The van der Waals surface area contributed by atoms with Gasteiger partial charge in [0, 0.05) is 23.5 Å². The van der Waals surface area contributed by atoms with Crippen molar-refractivity contribution < 1.29 is 9.53 Å². The maximum Gasteiger partial charge on any atom is 0.163 e. The van der Waals surface area contributed by atoms with Crippen molar-refractivity contribution in [2.75, 3.05) is 0 Å². The fourth-order valence-corrected chi connectivity index (χ4v) is 7.37. The summed E-state index contributed by atoms with van der Waals surface area (Å²) in [4.78, 5) is 13.3. The van der Waals surface area contributed by atoms with Crippen LogP contribution in [-0.2, 0) is 6.04 Å². The number of Topliss-reactive ketones (excluding diaryl/α,β-unsaturated/α-hetero) is 1. The van der Waals surface area contributed by atoms with Crippen LogP contribution >= 0.6 is 0 Å². The molecule has 2 nitrogen and oxygen atoms in total. The Labute approximate surface area is 204 Å². The van der Waals surface area contributed by atoms with Gasteiger partial charge in [-0.2, -0.15) is 0 Å². The van der Waals surface area contributed by atoms with Crippen molar-refractivity contribution >= 4 is 13.9 Å². The third-order valence-electron chi connectivity index (χ3n) is 8.85. The highest BCUT2D eigenvalue weighted by Gasteiger charge is 2.46. The molecule has 0 saturated heterocycles. The maximum absolute atomic E-state index is 13.3. The molecule has 0 radical (unpaired) electrons. The third kappa shape index (κ3) is 5.66.